The van der Waals surface area contributed by atoms with Crippen molar-refractivity contribution in [3.05, 3.63) is 107 Å². The number of aryl methyl sites for hydroxylation is 1. The number of nitrogens with one attached hydrogen (secondary N) is 1. The molecule has 1 saturated heterocycles. The molecule has 5 rings (SSSR count). The van der Waals surface area contributed by atoms with E-state index in [1.165, 1.54) is 29.2 Å². The molecule has 7 heteroatoms. The Balaban J connectivity index is 1.55. The van der Waals surface area contributed by atoms with Gasteiger partial charge in [-0.15, -0.1) is 0 Å². The largest absolute Gasteiger partial charge is 0.507 e. The highest BCUT2D eigenvalue weighted by Crippen LogP contribution is 2.39. The maximum atomic E-state index is 13.5. The number of ketones is 1. The van der Waals surface area contributed by atoms with E-state index in [0.29, 0.717) is 12.0 Å². The Hall–Kier alpha value is -4.39. The van der Waals surface area contributed by atoms with Crippen LogP contribution in [0, 0.1) is 12.7 Å². The number of ether oxygens (including phenoxy) is 1. The van der Waals surface area contributed by atoms with Gasteiger partial charge in [-0.3, -0.25) is 9.59 Å². The number of aliphatic hydroxyl groups is 1. The number of carbonyl (C=O) groups is 2. The molecule has 0 radical (unpaired) electrons. The number of amides is 1. The number of carbonyl (C=O) groups excluding carboxylic acids is 2. The number of fused-ring (bicyclic) bond motifs is 1. The number of aromatic nitrogens is 1. The van der Waals surface area contributed by atoms with Crippen LogP contribution in [0.15, 0.2) is 78.5 Å². The number of halogens is 1. The van der Waals surface area contributed by atoms with Crippen molar-refractivity contribution in [2.45, 2.75) is 19.4 Å². The fourth-order valence-electron chi connectivity index (χ4n) is 4.70. The second-order valence-corrected chi connectivity index (χ2v) is 8.89. The summed E-state index contributed by atoms with van der Waals surface area (Å²) in [7, 11) is 1.61. The molecule has 182 valence electrons. The number of nitrogens with zero attached hydrogens (tertiary/aromatic N) is 1. The van der Waals surface area contributed by atoms with E-state index in [4.69, 9.17) is 4.74 Å². The van der Waals surface area contributed by atoms with Gasteiger partial charge >= 0.3 is 0 Å². The smallest absolute Gasteiger partial charge is 0.295 e. The topological polar surface area (TPSA) is 82.6 Å². The minimum absolute atomic E-state index is 0.00365. The second kappa shape index (κ2) is 9.34. The third-order valence-corrected chi connectivity index (χ3v) is 6.65. The summed E-state index contributed by atoms with van der Waals surface area (Å²) in [5.74, 6) is -1.50. The van der Waals surface area contributed by atoms with Crippen LogP contribution in [0.25, 0.3) is 16.7 Å². The molecule has 1 unspecified atom stereocenters. The first-order valence-corrected chi connectivity index (χ1v) is 11.6. The molecule has 1 aromatic heterocycles. The maximum absolute atomic E-state index is 13.5. The average Bonchev–Trinajstić information content (AvgIpc) is 3.40. The minimum atomic E-state index is -0.768. The van der Waals surface area contributed by atoms with Crippen LogP contribution in [0.3, 0.4) is 0 Å². The number of Topliss-reactive ketones (excluding diaryl/α,β-unsaturated/α-hetero) is 1. The summed E-state index contributed by atoms with van der Waals surface area (Å²) in [6.45, 7) is 2.21. The van der Waals surface area contributed by atoms with Gasteiger partial charge in [-0.1, -0.05) is 29.8 Å². The Bertz CT molecular complexity index is 1490. The number of hydrogen-bond acceptors (Lipinski definition) is 4. The lowest BCUT2D eigenvalue weighted by atomic mass is 9.94. The van der Waals surface area contributed by atoms with Gasteiger partial charge < -0.3 is 19.7 Å². The van der Waals surface area contributed by atoms with Gasteiger partial charge in [0.05, 0.1) is 18.7 Å². The molecule has 1 fully saturated rings. The lowest BCUT2D eigenvalue weighted by molar-refractivity contribution is -0.139. The number of H-pyrrole nitrogens is 1. The summed E-state index contributed by atoms with van der Waals surface area (Å²) in [5.41, 5.74) is 3.93. The van der Waals surface area contributed by atoms with Crippen molar-refractivity contribution >= 4 is 28.4 Å². The molecule has 1 amide bonds. The summed E-state index contributed by atoms with van der Waals surface area (Å²) in [6, 6.07) is 17.7. The van der Waals surface area contributed by atoms with Gasteiger partial charge in [-0.25, -0.2) is 4.39 Å². The van der Waals surface area contributed by atoms with E-state index in [1.807, 2.05) is 55.6 Å². The van der Waals surface area contributed by atoms with Crippen molar-refractivity contribution in [2.75, 3.05) is 13.7 Å². The van der Waals surface area contributed by atoms with E-state index in [-0.39, 0.29) is 23.4 Å². The lowest BCUT2D eigenvalue weighted by Gasteiger charge is -2.25. The van der Waals surface area contributed by atoms with Crippen LogP contribution >= 0.6 is 0 Å². The van der Waals surface area contributed by atoms with Crippen molar-refractivity contribution < 1.29 is 23.8 Å². The van der Waals surface area contributed by atoms with Crippen LogP contribution < -0.4 is 4.74 Å². The van der Waals surface area contributed by atoms with Gasteiger partial charge in [0.25, 0.3) is 11.7 Å². The number of aliphatic hydroxyl groups excluding tert-OH is 1. The Labute approximate surface area is 207 Å². The summed E-state index contributed by atoms with van der Waals surface area (Å²) in [4.78, 5) is 31.2. The molecule has 2 N–H and O–H groups in total. The van der Waals surface area contributed by atoms with Crippen molar-refractivity contribution in [1.29, 1.82) is 0 Å². The SMILES string of the molecule is COc1ccc2[nH]cc(CCN3C(=O)C(=O)/C(=C(\O)c4ccc(F)cc4)C3c3ccc(C)cc3)c2c1. The van der Waals surface area contributed by atoms with Crippen LogP contribution in [0.1, 0.15) is 28.3 Å². The Morgan fingerprint density at radius 2 is 1.78 bits per heavy atom. The summed E-state index contributed by atoms with van der Waals surface area (Å²) < 4.78 is 18.8. The number of hydrogen-bond donors (Lipinski definition) is 2. The van der Waals surface area contributed by atoms with E-state index in [9.17, 15) is 19.1 Å². The van der Waals surface area contributed by atoms with Gasteiger partial charge in [-0.2, -0.15) is 0 Å². The maximum Gasteiger partial charge on any atom is 0.295 e. The second-order valence-electron chi connectivity index (χ2n) is 8.89. The molecule has 1 aliphatic rings. The van der Waals surface area contributed by atoms with E-state index in [1.54, 1.807) is 7.11 Å². The standard InChI is InChI=1S/C29H25FN2O4/c1-17-3-5-18(6-4-17)26-25(27(33)19-7-9-21(30)10-8-19)28(34)29(35)32(26)14-13-20-16-31-24-12-11-22(36-2)15-23(20)24/h3-12,15-16,26,31,33H,13-14H2,1-2H3/b27-25-. The predicted molar refractivity (Wildman–Crippen MR) is 135 cm³/mol. The Morgan fingerprint density at radius 1 is 1.06 bits per heavy atom. The summed E-state index contributed by atoms with van der Waals surface area (Å²) in [6.07, 6.45) is 2.37. The molecule has 1 aliphatic heterocycles. The molecule has 2 heterocycles. The van der Waals surface area contributed by atoms with Crippen molar-refractivity contribution in [1.82, 2.24) is 9.88 Å². The number of methoxy groups -OCH3 is 1. The normalized spacial score (nSPS) is 17.2. The van der Waals surface area contributed by atoms with E-state index in [2.05, 4.69) is 4.98 Å². The van der Waals surface area contributed by atoms with Gasteiger partial charge in [0.1, 0.15) is 17.3 Å². The van der Waals surface area contributed by atoms with Crippen molar-refractivity contribution in [2.24, 2.45) is 0 Å². The van der Waals surface area contributed by atoms with Crippen LogP contribution in [-0.4, -0.2) is 40.3 Å². The molecular weight excluding hydrogens is 459 g/mol. The average molecular weight is 485 g/mol. The zero-order valence-electron chi connectivity index (χ0n) is 19.9. The first-order chi connectivity index (χ1) is 17.4. The third kappa shape index (κ3) is 4.13. The first kappa shape index (κ1) is 23.4. The van der Waals surface area contributed by atoms with Gasteiger partial charge in [-0.05, 0) is 66.9 Å². The van der Waals surface area contributed by atoms with Crippen molar-refractivity contribution in [3.63, 3.8) is 0 Å². The van der Waals surface area contributed by atoms with E-state index >= 15 is 0 Å². The summed E-state index contributed by atoms with van der Waals surface area (Å²) in [5, 5.41) is 12.1. The zero-order valence-corrected chi connectivity index (χ0v) is 19.9. The van der Waals surface area contributed by atoms with Gasteiger partial charge in [0.2, 0.25) is 0 Å². The van der Waals surface area contributed by atoms with Crippen LogP contribution in [0.2, 0.25) is 0 Å². The summed E-state index contributed by atoms with van der Waals surface area (Å²) >= 11 is 0. The Morgan fingerprint density at radius 3 is 2.47 bits per heavy atom. The highest BCUT2D eigenvalue weighted by molar-refractivity contribution is 6.46. The molecule has 3 aromatic carbocycles. The monoisotopic (exact) mass is 484 g/mol. The lowest BCUT2D eigenvalue weighted by Crippen LogP contribution is -2.31. The molecular formula is C29H25FN2O4. The van der Waals surface area contributed by atoms with Gasteiger partial charge in [0.15, 0.2) is 0 Å². The molecule has 0 bridgehead atoms. The predicted octanol–water partition coefficient (Wildman–Crippen LogP) is 5.29. The molecule has 6 nitrogen and oxygen atoms in total. The quantitative estimate of drug-likeness (QED) is 0.221. The molecule has 0 spiro atoms. The highest BCUT2D eigenvalue weighted by atomic mass is 19.1. The third-order valence-electron chi connectivity index (χ3n) is 6.65. The number of rotatable bonds is 6. The molecule has 1 atom stereocenters. The Kier molecular flexibility index (Phi) is 6.06. The van der Waals surface area contributed by atoms with Crippen LogP contribution in [-0.2, 0) is 16.0 Å². The van der Waals surface area contributed by atoms with Crippen LogP contribution in [0.5, 0.6) is 5.75 Å². The fraction of sp³-hybridized carbons (Fsp3) is 0.172. The molecule has 0 saturated carbocycles. The fourth-order valence-corrected chi connectivity index (χ4v) is 4.70. The molecule has 0 aliphatic carbocycles. The van der Waals surface area contributed by atoms with E-state index in [0.717, 1.165) is 27.8 Å². The molecule has 36 heavy (non-hydrogen) atoms. The van der Waals surface area contributed by atoms with Crippen molar-refractivity contribution in [3.8, 4) is 5.75 Å². The van der Waals surface area contributed by atoms with Gasteiger partial charge in [0, 0.05) is 29.2 Å². The molecule has 4 aromatic rings. The number of benzene rings is 3. The van der Waals surface area contributed by atoms with Crippen LogP contribution in [0.4, 0.5) is 4.39 Å². The minimum Gasteiger partial charge on any atom is -0.507 e. The number of likely N-dealkylation sites (tertiary alicyclic amines) is 1. The highest BCUT2D eigenvalue weighted by Gasteiger charge is 2.45. The number of aromatic amines is 1. The van der Waals surface area contributed by atoms with E-state index < -0.39 is 23.5 Å². The zero-order chi connectivity index (χ0) is 25.4. The first-order valence-electron chi connectivity index (χ1n) is 11.6.